The molecule has 1 saturated carbocycles. The lowest BCUT2D eigenvalue weighted by atomic mass is 9.90. The van der Waals surface area contributed by atoms with E-state index in [2.05, 4.69) is 15.3 Å². The van der Waals surface area contributed by atoms with E-state index in [1.165, 1.54) is 10.6 Å². The number of pyridine rings is 1. The number of hydrogen-bond donors (Lipinski definition) is 2. The van der Waals surface area contributed by atoms with Crippen molar-refractivity contribution in [1.82, 2.24) is 24.4 Å². The maximum Gasteiger partial charge on any atom is 0.333 e. The minimum Gasteiger partial charge on any atom is -0.349 e. The zero-order valence-electron chi connectivity index (χ0n) is 20.4. The molecule has 0 atom stereocenters. The monoisotopic (exact) mass is 555 g/mol. The van der Waals surface area contributed by atoms with Gasteiger partial charge in [0.15, 0.2) is 0 Å². The highest BCUT2D eigenvalue weighted by atomic mass is 32.2. The van der Waals surface area contributed by atoms with Crippen LogP contribution in [0.2, 0.25) is 0 Å². The predicted octanol–water partition coefficient (Wildman–Crippen LogP) is 3.58. The van der Waals surface area contributed by atoms with Gasteiger partial charge in [0.25, 0.3) is 11.5 Å². The van der Waals surface area contributed by atoms with Crippen LogP contribution >= 0.6 is 23.1 Å². The Morgan fingerprint density at radius 2 is 1.74 bits per heavy atom. The number of benzene rings is 1. The third-order valence-electron chi connectivity index (χ3n) is 7.56. The molecule has 1 saturated heterocycles. The lowest BCUT2D eigenvalue weighted by Gasteiger charge is -2.31. The maximum absolute atomic E-state index is 14.1. The van der Waals surface area contributed by atoms with E-state index in [0.29, 0.717) is 36.8 Å². The predicted molar refractivity (Wildman–Crippen MR) is 147 cm³/mol. The number of nitrogens with zero attached hydrogens (tertiary/aromatic N) is 3. The van der Waals surface area contributed by atoms with Crippen LogP contribution in [-0.2, 0) is 0 Å². The second-order valence-electron chi connectivity index (χ2n) is 9.90. The van der Waals surface area contributed by atoms with Gasteiger partial charge in [-0.3, -0.25) is 23.5 Å². The summed E-state index contributed by atoms with van der Waals surface area (Å²) < 4.78 is 17.7. The third-order valence-corrected chi connectivity index (χ3v) is 9.45. The molecule has 6 rings (SSSR count). The first-order valence-corrected chi connectivity index (χ1v) is 14.7. The number of amides is 1. The number of hydrogen-bond acceptors (Lipinski definition) is 7. The molecular weight excluding hydrogens is 529 g/mol. The quantitative estimate of drug-likeness (QED) is 0.397. The van der Waals surface area contributed by atoms with Gasteiger partial charge >= 0.3 is 10.6 Å². The van der Waals surface area contributed by atoms with Gasteiger partial charge in [0.2, 0.25) is 0 Å². The summed E-state index contributed by atoms with van der Waals surface area (Å²) in [7, 11) is 0. The summed E-state index contributed by atoms with van der Waals surface area (Å²) in [4.78, 5) is 58.3. The highest BCUT2D eigenvalue weighted by Crippen LogP contribution is 2.30. The van der Waals surface area contributed by atoms with Crippen molar-refractivity contribution >= 4 is 50.3 Å². The molecule has 1 amide bonds. The Kier molecular flexibility index (Phi) is 6.68. The molecule has 0 spiro atoms. The summed E-state index contributed by atoms with van der Waals surface area (Å²) in [6.45, 7) is 0. The molecule has 4 heterocycles. The summed E-state index contributed by atoms with van der Waals surface area (Å²) in [6.07, 6.45) is 4.91. The average Bonchev–Trinajstić information content (AvgIpc) is 3.30. The van der Waals surface area contributed by atoms with Crippen molar-refractivity contribution in [2.24, 2.45) is 0 Å². The number of carbonyl (C=O) groups excluding carboxylic acids is 1. The fraction of sp³-hybridized carbons (Fsp3) is 0.423. The lowest BCUT2D eigenvalue weighted by molar-refractivity contribution is 0.0922. The molecule has 0 unspecified atom stereocenters. The van der Waals surface area contributed by atoms with Gasteiger partial charge in [-0.2, -0.15) is 11.8 Å². The normalized spacial score (nSPS) is 20.7. The van der Waals surface area contributed by atoms with E-state index in [1.807, 2.05) is 11.8 Å². The SMILES string of the molecule is O=C(NC1CCC(n2c(=O)c3cc(F)cnc3n(C3CCSCC3)c2=O)CC1)c1ccc2[nH]c(=O)sc2c1. The molecule has 9 nitrogen and oxygen atoms in total. The van der Waals surface area contributed by atoms with Gasteiger partial charge in [-0.15, -0.1) is 0 Å². The van der Waals surface area contributed by atoms with Gasteiger partial charge in [0.1, 0.15) is 11.5 Å². The Labute approximate surface area is 224 Å². The van der Waals surface area contributed by atoms with Crippen molar-refractivity contribution in [3.63, 3.8) is 0 Å². The van der Waals surface area contributed by atoms with Crippen LogP contribution in [0.5, 0.6) is 0 Å². The molecule has 0 radical (unpaired) electrons. The fourth-order valence-corrected chi connectivity index (χ4v) is 7.49. The second kappa shape index (κ2) is 10.1. The van der Waals surface area contributed by atoms with Crippen molar-refractivity contribution < 1.29 is 9.18 Å². The van der Waals surface area contributed by atoms with E-state index < -0.39 is 11.4 Å². The molecule has 2 aliphatic rings. The fourth-order valence-electron chi connectivity index (χ4n) is 5.63. The van der Waals surface area contributed by atoms with Crippen LogP contribution in [0.15, 0.2) is 44.8 Å². The average molecular weight is 556 g/mol. The van der Waals surface area contributed by atoms with Crippen LogP contribution in [0.25, 0.3) is 21.3 Å². The van der Waals surface area contributed by atoms with E-state index in [9.17, 15) is 23.6 Å². The highest BCUT2D eigenvalue weighted by molar-refractivity contribution is 7.99. The van der Waals surface area contributed by atoms with Crippen LogP contribution in [0.1, 0.15) is 61.0 Å². The third kappa shape index (κ3) is 4.60. The molecule has 0 bridgehead atoms. The van der Waals surface area contributed by atoms with E-state index in [-0.39, 0.29) is 45.6 Å². The topological polar surface area (TPSA) is 119 Å². The number of rotatable bonds is 4. The Morgan fingerprint density at radius 3 is 2.50 bits per heavy atom. The molecule has 198 valence electrons. The summed E-state index contributed by atoms with van der Waals surface area (Å²) >= 11 is 2.89. The summed E-state index contributed by atoms with van der Waals surface area (Å²) in [5.41, 5.74) is 0.531. The number of thioether (sulfide) groups is 1. The summed E-state index contributed by atoms with van der Waals surface area (Å²) in [5, 5.41) is 3.18. The number of H-pyrrole nitrogens is 1. The van der Waals surface area contributed by atoms with Gasteiger partial charge in [0, 0.05) is 23.7 Å². The first-order chi connectivity index (χ1) is 18.4. The van der Waals surface area contributed by atoms with E-state index in [0.717, 1.165) is 46.6 Å². The molecule has 1 aliphatic carbocycles. The van der Waals surface area contributed by atoms with Crippen molar-refractivity contribution in [3.8, 4) is 0 Å². The number of aromatic amines is 1. The number of aromatic nitrogens is 4. The van der Waals surface area contributed by atoms with Gasteiger partial charge in [-0.05, 0) is 74.3 Å². The van der Waals surface area contributed by atoms with Crippen molar-refractivity contribution in [2.45, 2.75) is 56.7 Å². The Hall–Kier alpha value is -3.25. The van der Waals surface area contributed by atoms with Gasteiger partial charge in [-0.1, -0.05) is 11.3 Å². The number of thiazole rings is 1. The first-order valence-electron chi connectivity index (χ1n) is 12.7. The van der Waals surface area contributed by atoms with Crippen molar-refractivity contribution in [3.05, 3.63) is 72.3 Å². The smallest absolute Gasteiger partial charge is 0.333 e. The van der Waals surface area contributed by atoms with E-state index in [1.54, 1.807) is 22.8 Å². The first kappa shape index (κ1) is 25.1. The zero-order chi connectivity index (χ0) is 26.4. The second-order valence-corrected chi connectivity index (χ2v) is 12.1. The van der Waals surface area contributed by atoms with Crippen molar-refractivity contribution in [2.75, 3.05) is 11.5 Å². The maximum atomic E-state index is 14.1. The minimum absolute atomic E-state index is 0.0809. The molecule has 1 aliphatic heterocycles. The Balaban J connectivity index is 1.24. The Bertz CT molecular complexity index is 1710. The minimum atomic E-state index is -0.609. The summed E-state index contributed by atoms with van der Waals surface area (Å²) in [5.74, 6) is 0.999. The van der Waals surface area contributed by atoms with E-state index in [4.69, 9.17) is 0 Å². The molecule has 38 heavy (non-hydrogen) atoms. The van der Waals surface area contributed by atoms with Gasteiger partial charge in [-0.25, -0.2) is 14.2 Å². The number of fused-ring (bicyclic) bond motifs is 2. The van der Waals surface area contributed by atoms with Gasteiger partial charge in [0.05, 0.1) is 21.8 Å². The van der Waals surface area contributed by atoms with Crippen LogP contribution in [-0.4, -0.2) is 42.6 Å². The number of nitrogens with one attached hydrogen (secondary N) is 2. The molecule has 4 aromatic rings. The van der Waals surface area contributed by atoms with Crippen LogP contribution in [0.4, 0.5) is 4.39 Å². The molecule has 2 fully saturated rings. The van der Waals surface area contributed by atoms with Crippen LogP contribution in [0, 0.1) is 5.82 Å². The Morgan fingerprint density at radius 1 is 1.00 bits per heavy atom. The van der Waals surface area contributed by atoms with Crippen LogP contribution in [0.3, 0.4) is 0 Å². The van der Waals surface area contributed by atoms with Crippen LogP contribution < -0.4 is 21.4 Å². The molecule has 2 N–H and O–H groups in total. The van der Waals surface area contributed by atoms with E-state index >= 15 is 0 Å². The summed E-state index contributed by atoms with van der Waals surface area (Å²) in [6, 6.07) is 5.76. The van der Waals surface area contributed by atoms with Gasteiger partial charge < -0.3 is 10.3 Å². The van der Waals surface area contributed by atoms with Crippen molar-refractivity contribution in [1.29, 1.82) is 0 Å². The molecule has 3 aromatic heterocycles. The number of halogens is 1. The lowest BCUT2D eigenvalue weighted by Crippen LogP contribution is -2.46. The largest absolute Gasteiger partial charge is 0.349 e. The molecule has 12 heteroatoms. The highest BCUT2D eigenvalue weighted by Gasteiger charge is 2.30. The standard InChI is InChI=1S/C26H26FN5O4S2/c27-15-12-19-22(28-13-15)31(18-7-9-37-10-8-18)26(36)32(24(19)34)17-4-2-16(3-5-17)29-23(33)14-1-6-20-21(11-14)38-25(35)30-20/h1,6,11-13,16-18H,2-5,7-10H2,(H,29,33)(H,30,35). The molecule has 1 aromatic carbocycles. The molecular formula is C26H26FN5O4S2. The zero-order valence-corrected chi connectivity index (χ0v) is 22.1. The number of carbonyl (C=O) groups is 1.